The molecule has 7 nitrogen and oxygen atoms in total. The molecule has 0 N–H and O–H groups in total. The number of carbonyl (C=O) groups is 2. The number of likely N-dealkylation sites (tertiary alicyclic amines) is 1. The number of aryl methyl sites for hydroxylation is 2. The quantitative estimate of drug-likeness (QED) is 0.595. The zero-order chi connectivity index (χ0) is 23.3. The monoisotopic (exact) mass is 458 g/mol. The van der Waals surface area contributed by atoms with E-state index in [0.29, 0.717) is 38.2 Å². The van der Waals surface area contributed by atoms with Gasteiger partial charge < -0.3 is 9.64 Å². The van der Waals surface area contributed by atoms with Crippen molar-refractivity contribution in [2.24, 2.45) is 5.92 Å². The van der Waals surface area contributed by atoms with E-state index in [0.717, 1.165) is 11.1 Å². The van der Waals surface area contributed by atoms with E-state index in [1.807, 2.05) is 19.9 Å². The number of benzene rings is 2. The molecule has 172 valence electrons. The SMILES string of the molecule is CCOC(=O)C1CCN(C(=O)CN(c2cc(C)cc(C)c2)S(=O)(=O)c2ccccc2)CC1. The van der Waals surface area contributed by atoms with E-state index in [-0.39, 0.29) is 29.2 Å². The molecule has 1 heterocycles. The molecule has 3 rings (SSSR count). The molecular formula is C24H30N2O5S. The Labute approximate surface area is 190 Å². The minimum Gasteiger partial charge on any atom is -0.466 e. The lowest BCUT2D eigenvalue weighted by Gasteiger charge is -2.33. The third-order valence-corrected chi connectivity index (χ3v) is 7.36. The van der Waals surface area contributed by atoms with E-state index in [2.05, 4.69) is 0 Å². The Hall–Kier alpha value is -2.87. The van der Waals surface area contributed by atoms with Gasteiger partial charge in [-0.15, -0.1) is 0 Å². The Bertz CT molecular complexity index is 1040. The number of anilines is 1. The van der Waals surface area contributed by atoms with Gasteiger partial charge in [0.05, 0.1) is 23.1 Å². The fourth-order valence-corrected chi connectivity index (χ4v) is 5.40. The number of sulfonamides is 1. The van der Waals surface area contributed by atoms with E-state index < -0.39 is 10.0 Å². The average Bonchev–Trinajstić information content (AvgIpc) is 2.77. The van der Waals surface area contributed by atoms with Gasteiger partial charge >= 0.3 is 5.97 Å². The summed E-state index contributed by atoms with van der Waals surface area (Å²) in [5.74, 6) is -0.739. The Balaban J connectivity index is 1.84. The smallest absolute Gasteiger partial charge is 0.309 e. The number of hydrogen-bond donors (Lipinski definition) is 0. The number of rotatable bonds is 7. The van der Waals surface area contributed by atoms with Crippen LogP contribution in [0.2, 0.25) is 0 Å². The summed E-state index contributed by atoms with van der Waals surface area (Å²) in [6.45, 7) is 6.38. The molecule has 0 atom stereocenters. The third kappa shape index (κ3) is 5.48. The average molecular weight is 459 g/mol. The first-order chi connectivity index (χ1) is 15.2. The maximum Gasteiger partial charge on any atom is 0.309 e. The van der Waals surface area contributed by atoms with Crippen molar-refractivity contribution in [3.63, 3.8) is 0 Å². The minimum absolute atomic E-state index is 0.132. The van der Waals surface area contributed by atoms with Crippen molar-refractivity contribution in [3.05, 3.63) is 59.7 Å². The van der Waals surface area contributed by atoms with E-state index in [1.54, 1.807) is 42.2 Å². The summed E-state index contributed by atoms with van der Waals surface area (Å²) in [5, 5.41) is 0. The number of nitrogens with zero attached hydrogens (tertiary/aromatic N) is 2. The van der Waals surface area contributed by atoms with Crippen molar-refractivity contribution in [3.8, 4) is 0 Å². The molecule has 0 spiro atoms. The Morgan fingerprint density at radius 3 is 2.19 bits per heavy atom. The molecule has 1 aliphatic heterocycles. The van der Waals surface area contributed by atoms with Gasteiger partial charge in [-0.05, 0) is 69.0 Å². The zero-order valence-corrected chi connectivity index (χ0v) is 19.6. The van der Waals surface area contributed by atoms with Crippen molar-refractivity contribution in [2.45, 2.75) is 38.5 Å². The second-order valence-corrected chi connectivity index (χ2v) is 9.94. The Morgan fingerprint density at radius 1 is 1.03 bits per heavy atom. The topological polar surface area (TPSA) is 84.0 Å². The van der Waals surface area contributed by atoms with Crippen molar-refractivity contribution in [1.82, 2.24) is 4.90 Å². The fourth-order valence-electron chi connectivity index (χ4n) is 3.98. The van der Waals surface area contributed by atoms with E-state index in [4.69, 9.17) is 4.74 Å². The lowest BCUT2D eigenvalue weighted by atomic mass is 9.97. The van der Waals surface area contributed by atoms with Crippen LogP contribution in [-0.2, 0) is 24.3 Å². The molecule has 1 amide bonds. The second kappa shape index (κ2) is 10.2. The van der Waals surface area contributed by atoms with Gasteiger partial charge in [-0.1, -0.05) is 24.3 Å². The van der Waals surface area contributed by atoms with Gasteiger partial charge in [-0.25, -0.2) is 8.42 Å². The number of amides is 1. The molecule has 0 aromatic heterocycles. The molecule has 0 unspecified atom stereocenters. The van der Waals surface area contributed by atoms with Gasteiger partial charge in [-0.3, -0.25) is 13.9 Å². The highest BCUT2D eigenvalue weighted by molar-refractivity contribution is 7.92. The molecule has 0 radical (unpaired) electrons. The van der Waals surface area contributed by atoms with Crippen LogP contribution in [0, 0.1) is 19.8 Å². The molecule has 1 fully saturated rings. The van der Waals surface area contributed by atoms with Crippen LogP contribution in [-0.4, -0.2) is 51.4 Å². The number of piperidine rings is 1. The van der Waals surface area contributed by atoms with Gasteiger partial charge in [0.1, 0.15) is 6.54 Å². The molecule has 1 aliphatic rings. The highest BCUT2D eigenvalue weighted by Gasteiger charge is 2.32. The standard InChI is InChI=1S/C24H30N2O5S/c1-4-31-24(28)20-10-12-25(13-11-20)23(27)17-26(21-15-18(2)14-19(3)16-21)32(29,30)22-8-6-5-7-9-22/h5-9,14-16,20H,4,10-13,17H2,1-3H3. The molecule has 8 heteroatoms. The van der Waals surface area contributed by atoms with Crippen LogP contribution in [0.25, 0.3) is 0 Å². The summed E-state index contributed by atoms with van der Waals surface area (Å²) >= 11 is 0. The Morgan fingerprint density at radius 2 is 1.62 bits per heavy atom. The first kappa shape index (κ1) is 23.8. The predicted octanol–water partition coefficient (Wildman–Crippen LogP) is 3.30. The van der Waals surface area contributed by atoms with E-state index >= 15 is 0 Å². The van der Waals surface area contributed by atoms with E-state index in [1.165, 1.54) is 16.4 Å². The summed E-state index contributed by atoms with van der Waals surface area (Å²) in [4.78, 5) is 26.9. The molecule has 1 saturated heterocycles. The lowest BCUT2D eigenvalue weighted by molar-refractivity contribution is -0.151. The van der Waals surface area contributed by atoms with Crippen LogP contribution in [0.3, 0.4) is 0 Å². The van der Waals surface area contributed by atoms with Crippen LogP contribution in [0.15, 0.2) is 53.4 Å². The fraction of sp³-hybridized carbons (Fsp3) is 0.417. The normalized spacial score (nSPS) is 14.8. The largest absolute Gasteiger partial charge is 0.466 e. The minimum atomic E-state index is -3.94. The van der Waals surface area contributed by atoms with E-state index in [9.17, 15) is 18.0 Å². The molecule has 0 saturated carbocycles. The van der Waals surface area contributed by atoms with Gasteiger partial charge in [0.2, 0.25) is 5.91 Å². The first-order valence-corrected chi connectivity index (χ1v) is 12.3. The van der Waals surface area contributed by atoms with Crippen LogP contribution in [0.5, 0.6) is 0 Å². The summed E-state index contributed by atoms with van der Waals surface area (Å²) in [5.41, 5.74) is 2.29. The van der Waals surface area contributed by atoms with Crippen LogP contribution in [0.4, 0.5) is 5.69 Å². The highest BCUT2D eigenvalue weighted by Crippen LogP contribution is 2.27. The molecule has 2 aromatic rings. The van der Waals surface area contributed by atoms with Crippen molar-refractivity contribution >= 4 is 27.6 Å². The Kier molecular flexibility index (Phi) is 7.56. The van der Waals surface area contributed by atoms with Crippen molar-refractivity contribution in [2.75, 3.05) is 30.5 Å². The van der Waals surface area contributed by atoms with Gasteiger partial charge in [0, 0.05) is 13.1 Å². The second-order valence-electron chi connectivity index (χ2n) is 8.08. The van der Waals surface area contributed by atoms with Crippen LogP contribution < -0.4 is 4.31 Å². The molecule has 0 bridgehead atoms. The predicted molar refractivity (Wildman–Crippen MR) is 123 cm³/mol. The van der Waals surface area contributed by atoms with Crippen LogP contribution >= 0.6 is 0 Å². The summed E-state index contributed by atoms with van der Waals surface area (Å²) in [6.07, 6.45) is 1.03. The van der Waals surface area contributed by atoms with Gasteiger partial charge in [-0.2, -0.15) is 0 Å². The number of ether oxygens (including phenoxy) is 1. The molecular weight excluding hydrogens is 428 g/mol. The maximum atomic E-state index is 13.5. The number of carbonyl (C=O) groups excluding carboxylic acids is 2. The lowest BCUT2D eigenvalue weighted by Crippen LogP contribution is -2.46. The molecule has 2 aromatic carbocycles. The van der Waals surface area contributed by atoms with Crippen LogP contribution in [0.1, 0.15) is 30.9 Å². The molecule has 0 aliphatic carbocycles. The third-order valence-electron chi connectivity index (χ3n) is 5.57. The zero-order valence-electron chi connectivity index (χ0n) is 18.8. The molecule has 32 heavy (non-hydrogen) atoms. The number of hydrogen-bond acceptors (Lipinski definition) is 5. The summed E-state index contributed by atoms with van der Waals surface area (Å²) in [7, 11) is -3.94. The van der Waals surface area contributed by atoms with Crippen molar-refractivity contribution < 1.29 is 22.7 Å². The highest BCUT2D eigenvalue weighted by atomic mass is 32.2. The number of esters is 1. The van der Waals surface area contributed by atoms with Crippen molar-refractivity contribution in [1.29, 1.82) is 0 Å². The maximum absolute atomic E-state index is 13.5. The van der Waals surface area contributed by atoms with Gasteiger partial charge in [0.15, 0.2) is 0 Å². The summed E-state index contributed by atoms with van der Waals surface area (Å²) < 4.78 is 33.2. The van der Waals surface area contributed by atoms with Gasteiger partial charge in [0.25, 0.3) is 10.0 Å². The summed E-state index contributed by atoms with van der Waals surface area (Å²) in [6, 6.07) is 13.6. The first-order valence-electron chi connectivity index (χ1n) is 10.8.